The minimum Gasteiger partial charge on any atom is -0.392 e. The lowest BCUT2D eigenvalue weighted by Gasteiger charge is -2.11. The van der Waals surface area contributed by atoms with E-state index in [0.29, 0.717) is 17.2 Å². The average molecular weight is 494 g/mol. The second kappa shape index (κ2) is 11.7. The number of likely N-dealkylation sites (N-methyl/N-ethyl adjacent to an activating group) is 1. The molecule has 0 unspecified atom stereocenters. The van der Waals surface area contributed by atoms with Crippen molar-refractivity contribution in [3.05, 3.63) is 40.9 Å². The molecule has 1 aliphatic carbocycles. The van der Waals surface area contributed by atoms with E-state index in [1.165, 1.54) is 23.5 Å². The van der Waals surface area contributed by atoms with Crippen LogP contribution < -0.4 is 10.6 Å². The molecular formula is C22H31N5O4S2. The molecule has 0 atom stereocenters. The number of oxime groups is 1. The summed E-state index contributed by atoms with van der Waals surface area (Å²) >= 11 is 1.39. The Bertz CT molecular complexity index is 1060. The number of sulfone groups is 1. The number of amides is 1. The molecule has 1 heterocycles. The van der Waals surface area contributed by atoms with Crippen molar-refractivity contribution in [3.8, 4) is 0 Å². The van der Waals surface area contributed by atoms with E-state index in [0.717, 1.165) is 49.9 Å². The summed E-state index contributed by atoms with van der Waals surface area (Å²) in [4.78, 5) is 26.3. The lowest BCUT2D eigenvalue weighted by molar-refractivity contribution is -0.110. The summed E-state index contributed by atoms with van der Waals surface area (Å²) in [5, 5.41) is 10.8. The van der Waals surface area contributed by atoms with E-state index in [4.69, 9.17) is 4.84 Å². The van der Waals surface area contributed by atoms with Crippen molar-refractivity contribution in [3.63, 3.8) is 0 Å². The number of carbonyl (C=O) groups excluding carboxylic acids is 1. The SMILES string of the molecule is CN(C)CCNCc1cnc(NC(=O)C(=NOC2CCCC2)c2ccc(S(C)(=O)=O)cc2)s1. The van der Waals surface area contributed by atoms with Gasteiger partial charge in [-0.2, -0.15) is 0 Å². The van der Waals surface area contributed by atoms with Gasteiger partial charge in [-0.25, -0.2) is 13.4 Å². The summed E-state index contributed by atoms with van der Waals surface area (Å²) < 4.78 is 23.5. The number of carbonyl (C=O) groups is 1. The highest BCUT2D eigenvalue weighted by Gasteiger charge is 2.21. The quantitative estimate of drug-likeness (QED) is 0.281. The average Bonchev–Trinajstić information content (AvgIpc) is 3.43. The van der Waals surface area contributed by atoms with E-state index in [2.05, 4.69) is 25.7 Å². The van der Waals surface area contributed by atoms with Gasteiger partial charge in [-0.1, -0.05) is 17.3 Å². The van der Waals surface area contributed by atoms with Crippen LogP contribution in [0.15, 0.2) is 40.5 Å². The molecule has 0 bridgehead atoms. The van der Waals surface area contributed by atoms with Crippen LogP contribution in [0.25, 0.3) is 0 Å². The van der Waals surface area contributed by atoms with Gasteiger partial charge >= 0.3 is 0 Å². The molecule has 2 aromatic rings. The Morgan fingerprint density at radius 1 is 1.24 bits per heavy atom. The Morgan fingerprint density at radius 2 is 1.94 bits per heavy atom. The molecule has 1 aliphatic rings. The maximum Gasteiger partial charge on any atom is 0.280 e. The van der Waals surface area contributed by atoms with Gasteiger partial charge in [0.05, 0.1) is 4.90 Å². The Kier molecular flexibility index (Phi) is 8.95. The van der Waals surface area contributed by atoms with Gasteiger partial charge in [0.2, 0.25) is 0 Å². The van der Waals surface area contributed by atoms with Crippen molar-refractivity contribution >= 4 is 37.9 Å². The highest BCUT2D eigenvalue weighted by atomic mass is 32.2. The van der Waals surface area contributed by atoms with Gasteiger partial charge in [-0.15, -0.1) is 11.3 Å². The summed E-state index contributed by atoms with van der Waals surface area (Å²) in [6.07, 6.45) is 6.83. The largest absolute Gasteiger partial charge is 0.392 e. The molecule has 0 radical (unpaired) electrons. The van der Waals surface area contributed by atoms with Crippen molar-refractivity contribution in [2.45, 2.75) is 43.2 Å². The summed E-state index contributed by atoms with van der Waals surface area (Å²) in [6.45, 7) is 2.45. The predicted octanol–water partition coefficient (Wildman–Crippen LogP) is 2.50. The molecular weight excluding hydrogens is 462 g/mol. The van der Waals surface area contributed by atoms with Gasteiger partial charge in [0, 0.05) is 42.5 Å². The number of nitrogens with zero attached hydrogens (tertiary/aromatic N) is 3. The van der Waals surface area contributed by atoms with E-state index < -0.39 is 15.7 Å². The fourth-order valence-electron chi connectivity index (χ4n) is 3.32. The summed E-state index contributed by atoms with van der Waals surface area (Å²) in [7, 11) is 0.700. The molecule has 1 fully saturated rings. The number of thiazole rings is 1. The molecule has 1 aromatic carbocycles. The molecule has 11 heteroatoms. The standard InChI is InChI=1S/C22H31N5O4S2/c1-27(2)13-12-23-14-18-15-24-22(32-18)25-21(28)20(26-31-17-6-4-5-7-17)16-8-10-19(11-9-16)33(3,29)30/h8-11,15,17,23H,4-7,12-14H2,1-3H3,(H,24,25,28). The van der Waals surface area contributed by atoms with Crippen LogP contribution in [0.2, 0.25) is 0 Å². The van der Waals surface area contributed by atoms with E-state index >= 15 is 0 Å². The molecule has 1 aromatic heterocycles. The van der Waals surface area contributed by atoms with Gasteiger partial charge in [0.1, 0.15) is 6.10 Å². The second-order valence-electron chi connectivity index (χ2n) is 8.31. The zero-order valence-electron chi connectivity index (χ0n) is 19.2. The number of benzene rings is 1. The molecule has 0 aliphatic heterocycles. The molecule has 3 rings (SSSR count). The third-order valence-corrected chi connectivity index (χ3v) is 7.22. The Morgan fingerprint density at radius 3 is 2.58 bits per heavy atom. The van der Waals surface area contributed by atoms with Crippen molar-refractivity contribution in [1.82, 2.24) is 15.2 Å². The fourth-order valence-corrected chi connectivity index (χ4v) is 4.73. The van der Waals surface area contributed by atoms with Gasteiger partial charge in [-0.05, 0) is 51.9 Å². The van der Waals surface area contributed by atoms with Crippen LogP contribution in [0.1, 0.15) is 36.1 Å². The van der Waals surface area contributed by atoms with Crippen LogP contribution in [0.3, 0.4) is 0 Å². The van der Waals surface area contributed by atoms with Crippen molar-refractivity contribution in [1.29, 1.82) is 0 Å². The van der Waals surface area contributed by atoms with E-state index in [9.17, 15) is 13.2 Å². The molecule has 1 saturated carbocycles. The van der Waals surface area contributed by atoms with Gasteiger partial charge in [0.25, 0.3) is 5.91 Å². The van der Waals surface area contributed by atoms with Crippen LogP contribution >= 0.6 is 11.3 Å². The number of nitrogens with one attached hydrogen (secondary N) is 2. The molecule has 33 heavy (non-hydrogen) atoms. The number of aromatic nitrogens is 1. The lowest BCUT2D eigenvalue weighted by Crippen LogP contribution is -2.25. The number of hydrogen-bond acceptors (Lipinski definition) is 9. The highest BCUT2D eigenvalue weighted by molar-refractivity contribution is 7.90. The van der Waals surface area contributed by atoms with Crippen LogP contribution in [-0.4, -0.2) is 69.5 Å². The Balaban J connectivity index is 1.71. The first-order valence-corrected chi connectivity index (χ1v) is 13.6. The van der Waals surface area contributed by atoms with E-state index in [1.54, 1.807) is 18.3 Å². The second-order valence-corrected chi connectivity index (χ2v) is 11.4. The zero-order chi connectivity index (χ0) is 23.8. The van der Waals surface area contributed by atoms with Gasteiger partial charge in [-0.3, -0.25) is 10.1 Å². The molecule has 0 saturated heterocycles. The van der Waals surface area contributed by atoms with Crippen molar-refractivity contribution < 1.29 is 18.0 Å². The summed E-state index contributed by atoms with van der Waals surface area (Å²) in [5.74, 6) is -0.457. The van der Waals surface area contributed by atoms with Crippen LogP contribution in [0.5, 0.6) is 0 Å². The maximum atomic E-state index is 13.0. The van der Waals surface area contributed by atoms with Crippen LogP contribution in [-0.2, 0) is 26.0 Å². The normalized spacial score (nSPS) is 15.2. The topological polar surface area (TPSA) is 113 Å². The molecule has 180 valence electrons. The monoisotopic (exact) mass is 493 g/mol. The first kappa shape index (κ1) is 25.3. The van der Waals surface area contributed by atoms with Gasteiger partial charge < -0.3 is 15.1 Å². The lowest BCUT2D eigenvalue weighted by atomic mass is 10.1. The van der Waals surface area contributed by atoms with Crippen LogP contribution in [0, 0.1) is 0 Å². The molecule has 9 nitrogen and oxygen atoms in total. The predicted molar refractivity (Wildman–Crippen MR) is 130 cm³/mol. The third-order valence-electron chi connectivity index (χ3n) is 5.18. The molecule has 1 amide bonds. The molecule has 0 spiro atoms. The third kappa shape index (κ3) is 7.88. The van der Waals surface area contributed by atoms with Crippen molar-refractivity contribution in [2.24, 2.45) is 5.16 Å². The summed E-state index contributed by atoms with van der Waals surface area (Å²) in [6, 6.07) is 6.05. The minimum atomic E-state index is -3.34. The van der Waals surface area contributed by atoms with Gasteiger partial charge in [0.15, 0.2) is 20.7 Å². The number of anilines is 1. The fraction of sp³-hybridized carbons (Fsp3) is 0.500. The minimum absolute atomic E-state index is 0.0113. The maximum absolute atomic E-state index is 13.0. The first-order chi connectivity index (χ1) is 15.7. The Labute approximate surface area is 199 Å². The smallest absolute Gasteiger partial charge is 0.280 e. The van der Waals surface area contributed by atoms with E-state index in [-0.39, 0.29) is 16.7 Å². The zero-order valence-corrected chi connectivity index (χ0v) is 20.8. The molecule has 2 N–H and O–H groups in total. The highest BCUT2D eigenvalue weighted by Crippen LogP contribution is 2.22. The number of hydrogen-bond donors (Lipinski definition) is 2. The Hall–Kier alpha value is -2.34. The van der Waals surface area contributed by atoms with E-state index in [1.807, 2.05) is 14.1 Å². The first-order valence-electron chi connectivity index (χ1n) is 10.9. The van der Waals surface area contributed by atoms with Crippen molar-refractivity contribution in [2.75, 3.05) is 38.8 Å². The summed E-state index contributed by atoms with van der Waals surface area (Å²) in [5.41, 5.74) is 0.558. The van der Waals surface area contributed by atoms with Crippen LogP contribution in [0.4, 0.5) is 5.13 Å². The number of rotatable bonds is 11.